The summed E-state index contributed by atoms with van der Waals surface area (Å²) in [6.45, 7) is 3.78. The highest BCUT2D eigenvalue weighted by Gasteiger charge is 2.31. The molecule has 0 fully saturated rings. The number of aromatic nitrogens is 2. The third-order valence-electron chi connectivity index (χ3n) is 5.64. The van der Waals surface area contributed by atoms with Gasteiger partial charge in [0.1, 0.15) is 5.82 Å². The van der Waals surface area contributed by atoms with E-state index >= 15 is 0 Å². The molecule has 0 saturated heterocycles. The Morgan fingerprint density at radius 1 is 1.19 bits per heavy atom. The van der Waals surface area contributed by atoms with Gasteiger partial charge < -0.3 is 14.6 Å². The summed E-state index contributed by atoms with van der Waals surface area (Å²) in [5, 5.41) is 2.44. The van der Waals surface area contributed by atoms with Crippen molar-refractivity contribution in [3.8, 4) is 5.69 Å². The minimum Gasteiger partial charge on any atom is -0.490 e. The minimum atomic E-state index is -4.64. The number of rotatable bonds is 7. The molecule has 10 heteroatoms. The van der Waals surface area contributed by atoms with Crippen LogP contribution in [0, 0.1) is 12.7 Å². The number of anilines is 1. The number of carbonyl (C=O) groups excluding carboxylic acids is 2. The molecule has 6 nitrogen and oxygen atoms in total. The molecule has 0 atom stereocenters. The van der Waals surface area contributed by atoms with Gasteiger partial charge in [-0.3, -0.25) is 9.59 Å². The zero-order valence-electron chi connectivity index (χ0n) is 20.0. The fourth-order valence-corrected chi connectivity index (χ4v) is 3.87. The molecule has 0 spiro atoms. The molecule has 1 aromatic heterocycles. The quantitative estimate of drug-likeness (QED) is 0.406. The zero-order chi connectivity index (χ0) is 26.7. The number of benzene rings is 2. The van der Waals surface area contributed by atoms with Gasteiger partial charge in [-0.15, -0.1) is 0 Å². The van der Waals surface area contributed by atoms with Crippen molar-refractivity contribution in [3.05, 3.63) is 95.0 Å². The number of ether oxygens (including phenoxy) is 1. The minimum absolute atomic E-state index is 0.0696. The molecule has 0 saturated carbocycles. The number of carbonyl (C=O) groups is 2. The molecule has 1 amide bonds. The molecule has 0 aliphatic heterocycles. The van der Waals surface area contributed by atoms with E-state index in [-0.39, 0.29) is 41.3 Å². The Morgan fingerprint density at radius 3 is 2.62 bits per heavy atom. The Hall–Kier alpha value is -4.21. The number of hydrogen-bond donors (Lipinski definition) is 1. The maximum Gasteiger partial charge on any atom is 0.416 e. The lowest BCUT2D eigenvalue weighted by molar-refractivity contribution is -0.137. The van der Waals surface area contributed by atoms with Gasteiger partial charge in [0.25, 0.3) is 0 Å². The lowest BCUT2D eigenvalue weighted by Crippen LogP contribution is -2.16. The number of halogens is 4. The van der Waals surface area contributed by atoms with Crippen LogP contribution in [0.2, 0.25) is 0 Å². The summed E-state index contributed by atoms with van der Waals surface area (Å²) in [6.07, 6.45) is 1.24. The molecule has 2 aromatic carbocycles. The van der Waals surface area contributed by atoms with E-state index in [1.807, 2.05) is 0 Å². The lowest BCUT2D eigenvalue weighted by Gasteiger charge is -2.15. The first-order chi connectivity index (χ1) is 17.5. The smallest absolute Gasteiger partial charge is 0.416 e. The average molecular weight is 513 g/mol. The van der Waals surface area contributed by atoms with Crippen LogP contribution < -0.4 is 5.32 Å². The molecule has 1 aliphatic rings. The van der Waals surface area contributed by atoms with Gasteiger partial charge in [-0.1, -0.05) is 18.2 Å². The molecule has 0 bridgehead atoms. The van der Waals surface area contributed by atoms with E-state index in [4.69, 9.17) is 4.74 Å². The molecule has 4 rings (SSSR count). The Bertz CT molecular complexity index is 1420. The molecule has 3 aromatic rings. The van der Waals surface area contributed by atoms with E-state index in [1.165, 1.54) is 29.1 Å². The normalized spacial score (nSPS) is 13.7. The van der Waals surface area contributed by atoms with Gasteiger partial charge >= 0.3 is 6.18 Å². The van der Waals surface area contributed by atoms with E-state index in [0.29, 0.717) is 23.4 Å². The number of Topliss-reactive ketones (excluding diaryl/α,β-unsaturated/α-hetero) is 1. The second-order valence-corrected chi connectivity index (χ2v) is 8.45. The number of aryl methyl sites for hydroxylation is 1. The van der Waals surface area contributed by atoms with Crippen LogP contribution in [0.5, 0.6) is 0 Å². The van der Waals surface area contributed by atoms with Crippen LogP contribution in [0.4, 0.5) is 23.2 Å². The number of hydrogen-bond acceptors (Lipinski definition) is 4. The van der Waals surface area contributed by atoms with Crippen LogP contribution in [0.25, 0.3) is 11.3 Å². The Balaban J connectivity index is 1.53. The standard InChI is InChI=1S/C27H23F4N3O3/c1-3-37-25-9-18(6-7-24(25)35)17-4-5-19(23(28)8-17)10-26(36)33-21-11-20(27(29,30)31)12-22(13-21)34-14-16(2)32-15-34/h4-6,8-9,11-15H,3,7,10H2,1-2H3,(H,33,36). The van der Waals surface area contributed by atoms with Crippen LogP contribution in [0.3, 0.4) is 0 Å². The van der Waals surface area contributed by atoms with Gasteiger partial charge in [-0.05, 0) is 60.9 Å². The first kappa shape index (κ1) is 25.9. The fourth-order valence-electron chi connectivity index (χ4n) is 3.87. The molecular formula is C27H23F4N3O3. The highest BCUT2D eigenvalue weighted by molar-refractivity contribution is 6.01. The second-order valence-electron chi connectivity index (χ2n) is 8.45. The molecule has 37 heavy (non-hydrogen) atoms. The summed E-state index contributed by atoms with van der Waals surface area (Å²) in [5.41, 5.74) is 0.945. The maximum absolute atomic E-state index is 14.8. The van der Waals surface area contributed by atoms with Gasteiger partial charge in [0, 0.05) is 24.0 Å². The van der Waals surface area contributed by atoms with E-state index in [2.05, 4.69) is 10.3 Å². The number of nitrogens with one attached hydrogen (secondary N) is 1. The second kappa shape index (κ2) is 10.4. The Morgan fingerprint density at radius 2 is 1.97 bits per heavy atom. The first-order valence-corrected chi connectivity index (χ1v) is 11.4. The SMILES string of the molecule is CCOC1=CC(c2ccc(CC(=O)Nc3cc(-n4cnc(C)c4)cc(C(F)(F)F)c3)c(F)c2)=CCC1=O. The Kier molecular flexibility index (Phi) is 7.28. The van der Waals surface area contributed by atoms with Crippen molar-refractivity contribution in [2.24, 2.45) is 0 Å². The number of nitrogens with zero attached hydrogens (tertiary/aromatic N) is 2. The zero-order valence-corrected chi connectivity index (χ0v) is 20.0. The first-order valence-electron chi connectivity index (χ1n) is 11.4. The number of amides is 1. The van der Waals surface area contributed by atoms with Gasteiger partial charge in [0.05, 0.1) is 30.6 Å². The Labute approximate surface area is 210 Å². The third-order valence-corrected chi connectivity index (χ3v) is 5.64. The van der Waals surface area contributed by atoms with Crippen molar-refractivity contribution in [1.29, 1.82) is 0 Å². The van der Waals surface area contributed by atoms with Crippen LogP contribution in [-0.2, 0) is 26.9 Å². The summed E-state index contributed by atoms with van der Waals surface area (Å²) < 4.78 is 62.0. The fraction of sp³-hybridized carbons (Fsp3) is 0.222. The summed E-state index contributed by atoms with van der Waals surface area (Å²) in [4.78, 5) is 28.6. The summed E-state index contributed by atoms with van der Waals surface area (Å²) in [6, 6.07) is 7.44. The molecular weight excluding hydrogens is 490 g/mol. The van der Waals surface area contributed by atoms with E-state index < -0.39 is 23.5 Å². The molecule has 0 radical (unpaired) electrons. The van der Waals surface area contributed by atoms with E-state index in [1.54, 1.807) is 38.3 Å². The number of allylic oxidation sites excluding steroid dienone is 4. The van der Waals surface area contributed by atoms with E-state index in [9.17, 15) is 27.2 Å². The van der Waals surface area contributed by atoms with E-state index in [0.717, 1.165) is 12.1 Å². The summed E-state index contributed by atoms with van der Waals surface area (Å²) in [7, 11) is 0. The molecule has 192 valence electrons. The largest absolute Gasteiger partial charge is 0.490 e. The monoisotopic (exact) mass is 513 g/mol. The number of ketones is 1. The van der Waals surface area contributed by atoms with Crippen LogP contribution >= 0.6 is 0 Å². The van der Waals surface area contributed by atoms with Crippen molar-refractivity contribution < 1.29 is 31.9 Å². The predicted molar refractivity (Wildman–Crippen MR) is 129 cm³/mol. The highest BCUT2D eigenvalue weighted by atomic mass is 19.4. The van der Waals surface area contributed by atoms with Crippen LogP contribution in [0.15, 0.2) is 66.8 Å². The van der Waals surface area contributed by atoms with Crippen molar-refractivity contribution in [1.82, 2.24) is 9.55 Å². The highest BCUT2D eigenvalue weighted by Crippen LogP contribution is 2.33. The third kappa shape index (κ3) is 6.14. The lowest BCUT2D eigenvalue weighted by atomic mass is 9.96. The summed E-state index contributed by atoms with van der Waals surface area (Å²) >= 11 is 0. The van der Waals surface area contributed by atoms with Gasteiger partial charge in [0.2, 0.25) is 11.7 Å². The van der Waals surface area contributed by atoms with Gasteiger partial charge in [-0.2, -0.15) is 13.2 Å². The van der Waals surface area contributed by atoms with Crippen molar-refractivity contribution in [2.45, 2.75) is 32.9 Å². The van der Waals surface area contributed by atoms with Gasteiger partial charge in [0.15, 0.2) is 5.76 Å². The average Bonchev–Trinajstić information content (AvgIpc) is 3.27. The number of imidazole rings is 1. The van der Waals surface area contributed by atoms with Gasteiger partial charge in [-0.25, -0.2) is 9.37 Å². The van der Waals surface area contributed by atoms with Crippen molar-refractivity contribution in [2.75, 3.05) is 11.9 Å². The topological polar surface area (TPSA) is 73.2 Å². The molecule has 0 unspecified atom stereocenters. The van der Waals surface area contributed by atoms with Crippen molar-refractivity contribution in [3.63, 3.8) is 0 Å². The molecule has 1 heterocycles. The predicted octanol–water partition coefficient (Wildman–Crippen LogP) is 5.80. The van der Waals surface area contributed by atoms with Crippen LogP contribution in [0.1, 0.15) is 35.7 Å². The van der Waals surface area contributed by atoms with Crippen LogP contribution in [-0.4, -0.2) is 27.8 Å². The summed E-state index contributed by atoms with van der Waals surface area (Å²) in [5.74, 6) is -1.30. The number of alkyl halides is 3. The van der Waals surface area contributed by atoms with Crippen molar-refractivity contribution >= 4 is 23.0 Å². The maximum atomic E-state index is 14.8. The molecule has 1 N–H and O–H groups in total. The molecule has 1 aliphatic carbocycles.